The van der Waals surface area contributed by atoms with Crippen molar-refractivity contribution in [2.24, 2.45) is 5.92 Å². The molecule has 1 unspecified atom stereocenters. The lowest BCUT2D eigenvalue weighted by Crippen LogP contribution is -2.21. The normalized spacial score (nSPS) is 20.2. The van der Waals surface area contributed by atoms with Crippen LogP contribution < -0.4 is 5.32 Å². The van der Waals surface area contributed by atoms with Crippen LogP contribution in [0.2, 0.25) is 0 Å². The van der Waals surface area contributed by atoms with Crippen LogP contribution >= 0.6 is 15.9 Å². The van der Waals surface area contributed by atoms with Crippen LogP contribution in [0.25, 0.3) is 0 Å². The molecule has 0 bridgehead atoms. The van der Waals surface area contributed by atoms with Crippen molar-refractivity contribution in [1.29, 1.82) is 0 Å². The van der Waals surface area contributed by atoms with Gasteiger partial charge in [-0.05, 0) is 36.1 Å². The number of halogens is 1. The second-order valence-corrected chi connectivity index (χ2v) is 4.92. The number of hydrogen-bond acceptors (Lipinski definition) is 1. The molecule has 0 spiro atoms. The first-order valence-corrected chi connectivity index (χ1v) is 5.51. The molecule has 0 amide bonds. The molecular weight excluding hydrogens is 226 g/mol. The first kappa shape index (κ1) is 9.07. The molecular formula is C11H14BrN. The fraction of sp³-hybridized carbons (Fsp3) is 0.455. The summed E-state index contributed by atoms with van der Waals surface area (Å²) in [7, 11) is 0. The van der Waals surface area contributed by atoms with Gasteiger partial charge in [0.2, 0.25) is 0 Å². The molecule has 1 atom stereocenters. The lowest BCUT2D eigenvalue weighted by atomic mass is 10.0. The standard InChI is InChI=1S/C11H14BrN/c1-7(2)11-6-8-5-9(12)3-4-10(8)13-11/h3-5,7,11,13H,6H2,1-2H3. The fourth-order valence-electron chi connectivity index (χ4n) is 1.76. The van der Waals surface area contributed by atoms with Crippen molar-refractivity contribution in [1.82, 2.24) is 0 Å². The third-order valence-corrected chi connectivity index (χ3v) is 3.15. The summed E-state index contributed by atoms with van der Waals surface area (Å²) in [4.78, 5) is 0. The van der Waals surface area contributed by atoms with Crippen molar-refractivity contribution in [3.05, 3.63) is 28.2 Å². The van der Waals surface area contributed by atoms with Gasteiger partial charge in [-0.15, -0.1) is 0 Å². The van der Waals surface area contributed by atoms with Crippen LogP contribution in [-0.4, -0.2) is 6.04 Å². The van der Waals surface area contributed by atoms with E-state index in [4.69, 9.17) is 0 Å². The zero-order valence-corrected chi connectivity index (χ0v) is 9.56. The topological polar surface area (TPSA) is 12.0 Å². The predicted molar refractivity (Wildman–Crippen MR) is 60.1 cm³/mol. The quantitative estimate of drug-likeness (QED) is 0.792. The Bertz CT molecular complexity index is 320. The average molecular weight is 240 g/mol. The monoisotopic (exact) mass is 239 g/mol. The smallest absolute Gasteiger partial charge is 0.0376 e. The van der Waals surface area contributed by atoms with Gasteiger partial charge in [-0.1, -0.05) is 29.8 Å². The SMILES string of the molecule is CC(C)C1Cc2cc(Br)ccc2N1. The Morgan fingerprint density at radius 1 is 1.46 bits per heavy atom. The van der Waals surface area contributed by atoms with Crippen molar-refractivity contribution in [2.45, 2.75) is 26.3 Å². The van der Waals surface area contributed by atoms with Crippen LogP contribution in [-0.2, 0) is 6.42 Å². The summed E-state index contributed by atoms with van der Waals surface area (Å²) in [5, 5.41) is 3.54. The molecule has 0 aromatic heterocycles. The minimum Gasteiger partial charge on any atom is -0.381 e. The molecule has 1 nitrogen and oxygen atoms in total. The molecule has 2 rings (SSSR count). The number of hydrogen-bond donors (Lipinski definition) is 1. The van der Waals surface area contributed by atoms with Gasteiger partial charge < -0.3 is 5.32 Å². The van der Waals surface area contributed by atoms with Gasteiger partial charge in [0.1, 0.15) is 0 Å². The van der Waals surface area contributed by atoms with Gasteiger partial charge >= 0.3 is 0 Å². The van der Waals surface area contributed by atoms with Gasteiger partial charge in [0.05, 0.1) is 0 Å². The van der Waals surface area contributed by atoms with E-state index >= 15 is 0 Å². The minimum atomic E-state index is 0.615. The zero-order valence-electron chi connectivity index (χ0n) is 7.97. The molecule has 1 aromatic rings. The van der Waals surface area contributed by atoms with Crippen LogP contribution in [0.3, 0.4) is 0 Å². The van der Waals surface area contributed by atoms with E-state index in [1.807, 2.05) is 0 Å². The Balaban J connectivity index is 2.25. The highest BCUT2D eigenvalue weighted by atomic mass is 79.9. The predicted octanol–water partition coefficient (Wildman–Crippen LogP) is 3.44. The summed E-state index contributed by atoms with van der Waals surface area (Å²) < 4.78 is 1.18. The largest absolute Gasteiger partial charge is 0.381 e. The number of fused-ring (bicyclic) bond motifs is 1. The molecule has 1 aliphatic heterocycles. The maximum absolute atomic E-state index is 3.54. The highest BCUT2D eigenvalue weighted by molar-refractivity contribution is 9.10. The summed E-state index contributed by atoms with van der Waals surface area (Å²) in [6, 6.07) is 7.07. The van der Waals surface area contributed by atoms with Crippen LogP contribution in [0.4, 0.5) is 5.69 Å². The van der Waals surface area contributed by atoms with Crippen molar-refractivity contribution in [2.75, 3.05) is 5.32 Å². The molecule has 0 saturated heterocycles. The second kappa shape index (κ2) is 3.33. The van der Waals surface area contributed by atoms with Gasteiger partial charge in [0.25, 0.3) is 0 Å². The van der Waals surface area contributed by atoms with Gasteiger partial charge in [-0.25, -0.2) is 0 Å². The van der Waals surface area contributed by atoms with Crippen molar-refractivity contribution >= 4 is 21.6 Å². The van der Waals surface area contributed by atoms with Gasteiger partial charge in [0.15, 0.2) is 0 Å². The molecule has 1 aliphatic rings. The Hall–Kier alpha value is -0.500. The molecule has 70 valence electrons. The summed E-state index contributed by atoms with van der Waals surface area (Å²) >= 11 is 3.49. The van der Waals surface area contributed by atoms with Crippen molar-refractivity contribution < 1.29 is 0 Å². The highest BCUT2D eigenvalue weighted by Crippen LogP contribution is 2.30. The third kappa shape index (κ3) is 1.73. The number of rotatable bonds is 1. The van der Waals surface area contributed by atoms with Crippen molar-refractivity contribution in [3.8, 4) is 0 Å². The maximum atomic E-state index is 3.54. The molecule has 2 heteroatoms. The van der Waals surface area contributed by atoms with E-state index in [0.717, 1.165) is 6.42 Å². The van der Waals surface area contributed by atoms with Crippen molar-refractivity contribution in [3.63, 3.8) is 0 Å². The van der Waals surface area contributed by atoms with E-state index in [2.05, 4.69) is 53.3 Å². The number of nitrogens with one attached hydrogen (secondary N) is 1. The zero-order chi connectivity index (χ0) is 9.42. The highest BCUT2D eigenvalue weighted by Gasteiger charge is 2.22. The van der Waals surface area contributed by atoms with E-state index in [1.165, 1.54) is 15.7 Å². The Labute approximate surface area is 87.7 Å². The number of anilines is 1. The molecule has 1 N–H and O–H groups in total. The van der Waals surface area contributed by atoms with Crippen LogP contribution in [0.5, 0.6) is 0 Å². The van der Waals surface area contributed by atoms with Crippen LogP contribution in [0.1, 0.15) is 19.4 Å². The first-order valence-electron chi connectivity index (χ1n) is 4.72. The van der Waals surface area contributed by atoms with E-state index in [1.54, 1.807) is 0 Å². The molecule has 0 fully saturated rings. The fourth-order valence-corrected chi connectivity index (χ4v) is 2.17. The minimum absolute atomic E-state index is 0.615. The van der Waals surface area contributed by atoms with E-state index in [9.17, 15) is 0 Å². The molecule has 0 saturated carbocycles. The van der Waals surface area contributed by atoms with Gasteiger partial charge in [0, 0.05) is 16.2 Å². The van der Waals surface area contributed by atoms with E-state index < -0.39 is 0 Å². The second-order valence-electron chi connectivity index (χ2n) is 4.00. The summed E-state index contributed by atoms with van der Waals surface area (Å²) in [6.07, 6.45) is 1.16. The van der Waals surface area contributed by atoms with E-state index in [-0.39, 0.29) is 0 Å². The molecule has 13 heavy (non-hydrogen) atoms. The number of benzene rings is 1. The summed E-state index contributed by atoms with van der Waals surface area (Å²) in [6.45, 7) is 4.52. The summed E-state index contributed by atoms with van der Waals surface area (Å²) in [5.41, 5.74) is 2.75. The van der Waals surface area contributed by atoms with Crippen LogP contribution in [0, 0.1) is 5.92 Å². The average Bonchev–Trinajstić information content (AvgIpc) is 2.46. The lowest BCUT2D eigenvalue weighted by Gasteiger charge is -2.14. The van der Waals surface area contributed by atoms with Gasteiger partial charge in [-0.3, -0.25) is 0 Å². The Morgan fingerprint density at radius 2 is 2.23 bits per heavy atom. The Kier molecular flexibility index (Phi) is 2.33. The lowest BCUT2D eigenvalue weighted by molar-refractivity contribution is 0.538. The molecule has 0 aliphatic carbocycles. The first-order chi connectivity index (χ1) is 6.16. The van der Waals surface area contributed by atoms with E-state index in [0.29, 0.717) is 12.0 Å². The molecule has 1 heterocycles. The molecule has 0 radical (unpaired) electrons. The third-order valence-electron chi connectivity index (χ3n) is 2.65. The van der Waals surface area contributed by atoms with Crippen LogP contribution in [0.15, 0.2) is 22.7 Å². The Morgan fingerprint density at radius 3 is 2.92 bits per heavy atom. The van der Waals surface area contributed by atoms with Gasteiger partial charge in [-0.2, -0.15) is 0 Å². The summed E-state index contributed by atoms with van der Waals surface area (Å²) in [5.74, 6) is 0.700. The maximum Gasteiger partial charge on any atom is 0.0376 e. The molecule has 1 aromatic carbocycles.